The molecule has 0 bridgehead atoms. The Kier molecular flexibility index (Phi) is 0.989. The van der Waals surface area contributed by atoms with Crippen LogP contribution in [0.5, 0.6) is 0 Å². The van der Waals surface area contributed by atoms with E-state index in [2.05, 4.69) is 4.74 Å². The van der Waals surface area contributed by atoms with Gasteiger partial charge in [0.1, 0.15) is 0 Å². The molecule has 0 saturated carbocycles. The van der Waals surface area contributed by atoms with E-state index in [1.165, 1.54) is 0 Å². The summed E-state index contributed by atoms with van der Waals surface area (Å²) in [6.07, 6.45) is 0. The predicted molar refractivity (Wildman–Crippen MR) is 23.0 cm³/mol. The van der Waals surface area contributed by atoms with Gasteiger partial charge in [0.25, 0.3) is 0 Å². The van der Waals surface area contributed by atoms with Crippen molar-refractivity contribution < 1.29 is 31.1 Å². The zero-order valence-electron chi connectivity index (χ0n) is 5.18. The van der Waals surface area contributed by atoms with Gasteiger partial charge in [-0.25, -0.2) is 8.78 Å². The van der Waals surface area contributed by atoms with Crippen LogP contribution in [0, 0.1) is 0 Å². The summed E-state index contributed by atoms with van der Waals surface area (Å²) in [7, 11) is 0. The molecule has 1 aliphatic carbocycles. The highest BCUT2D eigenvalue weighted by Crippen LogP contribution is 2.70. The number of alkyl halides is 4. The molecule has 2 unspecified atom stereocenters. The summed E-state index contributed by atoms with van der Waals surface area (Å²) in [5.74, 6) is -18.2. The van der Waals surface area contributed by atoms with E-state index >= 15 is 0 Å². The Labute approximate surface area is 61.6 Å². The van der Waals surface area contributed by atoms with E-state index in [0.717, 1.165) is 0 Å². The molecule has 1 nitrogen and oxygen atoms in total. The van der Waals surface area contributed by atoms with E-state index in [1.54, 1.807) is 0 Å². The molecule has 7 heteroatoms. The Morgan fingerprint density at radius 2 is 1.42 bits per heavy atom. The zero-order valence-corrected chi connectivity index (χ0v) is 5.18. The summed E-state index contributed by atoms with van der Waals surface area (Å²) in [6.45, 7) is 0. The molecule has 2 rings (SSSR count). The van der Waals surface area contributed by atoms with Gasteiger partial charge in [0.05, 0.1) is 0 Å². The van der Waals surface area contributed by atoms with Crippen LogP contribution in [0.15, 0.2) is 11.7 Å². The van der Waals surface area contributed by atoms with Gasteiger partial charge in [0.2, 0.25) is 11.7 Å². The van der Waals surface area contributed by atoms with Crippen LogP contribution in [0.2, 0.25) is 0 Å². The smallest absolute Gasteiger partial charge is 0.288 e. The Balaban J connectivity index is 2.58. The summed E-state index contributed by atoms with van der Waals surface area (Å²) < 4.78 is 76.8. The largest absolute Gasteiger partial charge is 0.365 e. The minimum atomic E-state index is -4.87. The molecule has 0 amide bonds. The van der Waals surface area contributed by atoms with Gasteiger partial charge < -0.3 is 0 Å². The number of fused-ring (bicyclic) bond motifs is 1. The van der Waals surface area contributed by atoms with Crippen molar-refractivity contribution >= 4 is 0 Å². The van der Waals surface area contributed by atoms with E-state index in [1.807, 2.05) is 0 Å². The molecule has 12 heavy (non-hydrogen) atoms. The summed E-state index contributed by atoms with van der Waals surface area (Å²) >= 11 is 0. The molecule has 1 heterocycles. The second-order valence-corrected chi connectivity index (χ2v) is 2.49. The number of hydrogen-bond donors (Lipinski definition) is 0. The fraction of sp³-hybridized carbons (Fsp3) is 0.600. The van der Waals surface area contributed by atoms with Gasteiger partial charge in [-0.15, -0.1) is 0 Å². The van der Waals surface area contributed by atoms with E-state index in [-0.39, 0.29) is 0 Å². The quantitative estimate of drug-likeness (QED) is 0.421. The molecule has 0 N–H and O–H groups in total. The Hall–Kier alpha value is -0.720. The fourth-order valence-electron chi connectivity index (χ4n) is 1.04. The van der Waals surface area contributed by atoms with Crippen LogP contribution in [0.1, 0.15) is 0 Å². The lowest BCUT2D eigenvalue weighted by Crippen LogP contribution is -2.33. The highest BCUT2D eigenvalue weighted by molar-refractivity contribution is 5.40. The highest BCUT2D eigenvalue weighted by Gasteiger charge is 2.95. The molecule has 2 aliphatic rings. The lowest BCUT2D eigenvalue weighted by Gasteiger charge is -2.09. The van der Waals surface area contributed by atoms with E-state index in [0.29, 0.717) is 0 Å². The molecule has 1 aliphatic heterocycles. The second kappa shape index (κ2) is 1.50. The lowest BCUT2D eigenvalue weighted by atomic mass is 10.2. The average molecular weight is 190 g/mol. The molecule has 0 aromatic carbocycles. The van der Waals surface area contributed by atoms with Crippen molar-refractivity contribution in [1.82, 2.24) is 0 Å². The standard InChI is InChI=1S/C5F6O/c6-1-2(7)4(10)5(11,12-4)3(1,8)9. The van der Waals surface area contributed by atoms with Crippen molar-refractivity contribution in [3.63, 3.8) is 0 Å². The van der Waals surface area contributed by atoms with Gasteiger partial charge in [0, 0.05) is 0 Å². The Morgan fingerprint density at radius 3 is 1.58 bits per heavy atom. The van der Waals surface area contributed by atoms with Crippen LogP contribution in [-0.2, 0) is 4.74 Å². The van der Waals surface area contributed by atoms with Crippen LogP contribution in [-0.4, -0.2) is 17.6 Å². The topological polar surface area (TPSA) is 12.5 Å². The maximum Gasteiger partial charge on any atom is 0.365 e. The maximum atomic E-state index is 12.5. The van der Waals surface area contributed by atoms with Crippen molar-refractivity contribution in [2.75, 3.05) is 0 Å². The van der Waals surface area contributed by atoms with Crippen molar-refractivity contribution in [1.29, 1.82) is 0 Å². The fourth-order valence-corrected chi connectivity index (χ4v) is 1.04. The third-order valence-electron chi connectivity index (χ3n) is 1.81. The summed E-state index contributed by atoms with van der Waals surface area (Å²) in [5, 5.41) is 0. The van der Waals surface area contributed by atoms with Crippen molar-refractivity contribution in [2.24, 2.45) is 0 Å². The summed E-state index contributed by atoms with van der Waals surface area (Å²) in [5.41, 5.74) is 0. The number of epoxide rings is 1. The monoisotopic (exact) mass is 190 g/mol. The predicted octanol–water partition coefficient (Wildman–Crippen LogP) is 2.15. The molecule has 0 aromatic rings. The number of halogens is 6. The molecule has 1 fully saturated rings. The molecule has 1 saturated heterocycles. The van der Waals surface area contributed by atoms with Gasteiger partial charge in [-0.1, -0.05) is 0 Å². The normalized spacial score (nSPS) is 49.5. The first-order valence-corrected chi connectivity index (χ1v) is 2.79. The summed E-state index contributed by atoms with van der Waals surface area (Å²) in [4.78, 5) is 0. The van der Waals surface area contributed by atoms with Crippen molar-refractivity contribution in [2.45, 2.75) is 17.6 Å². The third-order valence-corrected chi connectivity index (χ3v) is 1.81. The first-order valence-electron chi connectivity index (χ1n) is 2.79. The van der Waals surface area contributed by atoms with Gasteiger partial charge in [0.15, 0.2) is 0 Å². The minimum absolute atomic E-state index is 2.52. The van der Waals surface area contributed by atoms with E-state index in [9.17, 15) is 26.3 Å². The molecule has 2 atom stereocenters. The lowest BCUT2D eigenvalue weighted by molar-refractivity contribution is -0.116. The maximum absolute atomic E-state index is 12.5. The average Bonchev–Trinajstić information content (AvgIpc) is 2.51. The molecule has 0 radical (unpaired) electrons. The van der Waals surface area contributed by atoms with E-state index in [4.69, 9.17) is 0 Å². The Bertz CT molecular complexity index is 294. The second-order valence-electron chi connectivity index (χ2n) is 2.49. The number of hydrogen-bond acceptors (Lipinski definition) is 1. The molecule has 0 aromatic heterocycles. The minimum Gasteiger partial charge on any atom is -0.288 e. The first-order chi connectivity index (χ1) is 5.27. The van der Waals surface area contributed by atoms with Crippen LogP contribution in [0.4, 0.5) is 26.3 Å². The molecular weight excluding hydrogens is 190 g/mol. The Morgan fingerprint density at radius 1 is 0.917 bits per heavy atom. The highest BCUT2D eigenvalue weighted by atomic mass is 19.3. The molecule has 68 valence electrons. The molecular formula is C5F6O. The van der Waals surface area contributed by atoms with Gasteiger partial charge in [-0.05, 0) is 0 Å². The third kappa shape index (κ3) is 0.458. The number of ether oxygens (including phenoxy) is 1. The van der Waals surface area contributed by atoms with Crippen LogP contribution in [0.3, 0.4) is 0 Å². The first kappa shape index (κ1) is 7.90. The van der Waals surface area contributed by atoms with Crippen molar-refractivity contribution in [3.8, 4) is 0 Å². The van der Waals surface area contributed by atoms with Crippen LogP contribution < -0.4 is 0 Å². The van der Waals surface area contributed by atoms with Gasteiger partial charge in [-0.3, -0.25) is 4.74 Å². The van der Waals surface area contributed by atoms with Gasteiger partial charge in [-0.2, -0.15) is 17.6 Å². The van der Waals surface area contributed by atoms with Crippen LogP contribution >= 0.6 is 0 Å². The van der Waals surface area contributed by atoms with Crippen LogP contribution in [0.25, 0.3) is 0 Å². The SMILES string of the molecule is FC1=C(F)C2(F)OC2(F)C1(F)F. The van der Waals surface area contributed by atoms with Gasteiger partial charge >= 0.3 is 17.6 Å². The van der Waals surface area contributed by atoms with E-state index < -0.39 is 29.3 Å². The summed E-state index contributed by atoms with van der Waals surface area (Å²) in [6, 6.07) is 0. The van der Waals surface area contributed by atoms with Crippen molar-refractivity contribution in [3.05, 3.63) is 11.7 Å². The number of rotatable bonds is 0. The zero-order chi connectivity index (χ0) is 9.36. The molecule has 0 spiro atoms.